The Bertz CT molecular complexity index is 1410. The summed E-state index contributed by atoms with van der Waals surface area (Å²) in [5.41, 5.74) is 5.11. The minimum atomic E-state index is -0.264. The lowest BCUT2D eigenvalue weighted by molar-refractivity contribution is 0.174. The molecule has 0 fully saturated rings. The van der Waals surface area contributed by atoms with Crippen molar-refractivity contribution in [3.8, 4) is 34.0 Å². The quantitative estimate of drug-likeness (QED) is 0.363. The highest BCUT2D eigenvalue weighted by Gasteiger charge is 2.24. The number of fused-ring (bicyclic) bond motifs is 4. The molecule has 3 heterocycles. The van der Waals surface area contributed by atoms with Crippen LogP contribution in [0.2, 0.25) is 5.02 Å². The van der Waals surface area contributed by atoms with Crippen molar-refractivity contribution in [1.82, 2.24) is 14.8 Å². The second-order valence-electron chi connectivity index (χ2n) is 7.43. The van der Waals surface area contributed by atoms with Crippen LogP contribution in [-0.4, -0.2) is 21.6 Å². The average molecular weight is 432 g/mol. The van der Waals surface area contributed by atoms with Crippen LogP contribution in [0.15, 0.2) is 66.9 Å². The third kappa shape index (κ3) is 3.07. The highest BCUT2D eigenvalue weighted by atomic mass is 35.5. The van der Waals surface area contributed by atoms with E-state index in [0.29, 0.717) is 23.1 Å². The number of benzene rings is 3. The minimum Gasteiger partial charge on any atom is -0.454 e. The zero-order valence-corrected chi connectivity index (χ0v) is 16.9. The average Bonchev–Trinajstić information content (AvgIpc) is 3.40. The molecule has 6 rings (SSSR count). The fourth-order valence-electron chi connectivity index (χ4n) is 4.01. The van der Waals surface area contributed by atoms with Gasteiger partial charge in [-0.3, -0.25) is 0 Å². The molecule has 3 aliphatic heterocycles. The molecule has 0 N–H and O–H groups in total. The maximum absolute atomic E-state index is 13.8. The van der Waals surface area contributed by atoms with E-state index in [4.69, 9.17) is 21.1 Å². The first kappa shape index (κ1) is 18.2. The normalized spacial score (nSPS) is 12.7. The van der Waals surface area contributed by atoms with Gasteiger partial charge in [0, 0.05) is 40.3 Å². The molecule has 0 bridgehead atoms. The van der Waals surface area contributed by atoms with E-state index in [2.05, 4.69) is 14.8 Å². The third-order valence-electron chi connectivity index (χ3n) is 5.46. The molecule has 0 unspecified atom stereocenters. The number of rotatable bonds is 3. The van der Waals surface area contributed by atoms with E-state index in [1.807, 2.05) is 48.7 Å². The van der Waals surface area contributed by atoms with Gasteiger partial charge in [-0.15, -0.1) is 10.2 Å². The van der Waals surface area contributed by atoms with Gasteiger partial charge in [0.05, 0.1) is 5.52 Å². The SMILES string of the molecule is Fc1cccc(Cn2cc3c(-c4ccc(Cl)cc4)nnc-3c3cc4c(cc32)OCO4)c1. The van der Waals surface area contributed by atoms with Crippen molar-refractivity contribution < 1.29 is 13.9 Å². The summed E-state index contributed by atoms with van der Waals surface area (Å²) in [4.78, 5) is 0. The first-order valence-corrected chi connectivity index (χ1v) is 10.1. The van der Waals surface area contributed by atoms with Gasteiger partial charge in [-0.25, -0.2) is 4.39 Å². The van der Waals surface area contributed by atoms with E-state index < -0.39 is 0 Å². The van der Waals surface area contributed by atoms with Crippen LogP contribution < -0.4 is 9.47 Å². The first-order chi connectivity index (χ1) is 15.2. The van der Waals surface area contributed by atoms with Gasteiger partial charge in [-0.2, -0.15) is 0 Å². The summed E-state index contributed by atoms with van der Waals surface area (Å²) in [6, 6.07) is 18.0. The number of halogens is 2. The van der Waals surface area contributed by atoms with Crippen molar-refractivity contribution in [2.45, 2.75) is 6.54 Å². The van der Waals surface area contributed by atoms with Gasteiger partial charge in [-0.1, -0.05) is 35.9 Å². The molecule has 0 amide bonds. The van der Waals surface area contributed by atoms with Crippen LogP contribution in [0.3, 0.4) is 0 Å². The Balaban J connectivity index is 1.60. The highest BCUT2D eigenvalue weighted by molar-refractivity contribution is 6.30. The Kier molecular flexibility index (Phi) is 4.07. The van der Waals surface area contributed by atoms with Crippen molar-refractivity contribution in [1.29, 1.82) is 0 Å². The summed E-state index contributed by atoms with van der Waals surface area (Å²) < 4.78 is 27.0. The summed E-state index contributed by atoms with van der Waals surface area (Å²) in [5, 5.41) is 10.5. The monoisotopic (exact) mass is 431 g/mol. The number of ether oxygens (including phenoxy) is 2. The molecule has 0 aromatic heterocycles. The Labute approximate surface area is 182 Å². The van der Waals surface area contributed by atoms with Crippen molar-refractivity contribution in [2.75, 3.05) is 6.79 Å². The molecule has 152 valence electrons. The van der Waals surface area contributed by atoms with Crippen LogP contribution in [0.4, 0.5) is 4.39 Å². The Morgan fingerprint density at radius 1 is 0.935 bits per heavy atom. The summed E-state index contributed by atoms with van der Waals surface area (Å²) in [6.07, 6.45) is 2.01. The Morgan fingerprint density at radius 2 is 1.71 bits per heavy atom. The molecule has 3 aliphatic rings. The minimum absolute atomic E-state index is 0.182. The van der Waals surface area contributed by atoms with Gasteiger partial charge >= 0.3 is 0 Å². The van der Waals surface area contributed by atoms with Crippen LogP contribution >= 0.6 is 11.6 Å². The number of nitrogens with zero attached hydrogens (tertiary/aromatic N) is 3. The predicted octanol–water partition coefficient (Wildman–Crippen LogP) is 5.77. The third-order valence-corrected chi connectivity index (χ3v) is 5.71. The smallest absolute Gasteiger partial charge is 0.231 e. The topological polar surface area (TPSA) is 49.2 Å². The van der Waals surface area contributed by atoms with Gasteiger partial charge in [-0.05, 0) is 35.9 Å². The Morgan fingerprint density at radius 3 is 2.52 bits per heavy atom. The summed E-state index contributed by atoms with van der Waals surface area (Å²) in [5.74, 6) is 1.09. The molecule has 0 atom stereocenters. The number of pyridine rings is 1. The molecule has 0 aliphatic carbocycles. The van der Waals surface area contributed by atoms with E-state index in [0.717, 1.165) is 39.0 Å². The lowest BCUT2D eigenvalue weighted by Crippen LogP contribution is -2.04. The van der Waals surface area contributed by atoms with E-state index >= 15 is 0 Å². The lowest BCUT2D eigenvalue weighted by Gasteiger charge is -2.16. The summed E-state index contributed by atoms with van der Waals surface area (Å²) in [7, 11) is 0. The number of hydrogen-bond acceptors (Lipinski definition) is 4. The molecule has 3 aromatic carbocycles. The van der Waals surface area contributed by atoms with Crippen molar-refractivity contribution >= 4 is 22.5 Å². The molecule has 0 spiro atoms. The maximum Gasteiger partial charge on any atom is 0.231 e. The largest absolute Gasteiger partial charge is 0.454 e. The van der Waals surface area contributed by atoms with Gasteiger partial charge in [0.2, 0.25) is 6.79 Å². The number of hydrogen-bond donors (Lipinski definition) is 0. The van der Waals surface area contributed by atoms with Gasteiger partial charge in [0.1, 0.15) is 17.2 Å². The zero-order chi connectivity index (χ0) is 20.9. The summed E-state index contributed by atoms with van der Waals surface area (Å²) >= 11 is 6.06. The molecule has 31 heavy (non-hydrogen) atoms. The van der Waals surface area contributed by atoms with Crippen LogP contribution in [0.5, 0.6) is 11.5 Å². The molecule has 7 heteroatoms. The molecule has 0 saturated heterocycles. The van der Waals surface area contributed by atoms with E-state index in [1.165, 1.54) is 12.1 Å². The molecule has 0 saturated carbocycles. The second kappa shape index (κ2) is 6.96. The van der Waals surface area contributed by atoms with E-state index in [-0.39, 0.29) is 12.6 Å². The second-order valence-corrected chi connectivity index (χ2v) is 7.86. The van der Waals surface area contributed by atoms with Crippen LogP contribution in [0.25, 0.3) is 33.4 Å². The van der Waals surface area contributed by atoms with Gasteiger partial charge in [0.25, 0.3) is 0 Å². The fraction of sp³-hybridized carbons (Fsp3) is 0.0833. The molecular weight excluding hydrogens is 417 g/mol. The molecule has 0 radical (unpaired) electrons. The van der Waals surface area contributed by atoms with Crippen molar-refractivity contribution in [3.63, 3.8) is 0 Å². The van der Waals surface area contributed by atoms with Crippen LogP contribution in [0.1, 0.15) is 5.56 Å². The Hall–Kier alpha value is -3.64. The number of aromatic nitrogens is 3. The fourth-order valence-corrected chi connectivity index (χ4v) is 4.13. The van der Waals surface area contributed by atoms with Gasteiger partial charge < -0.3 is 14.0 Å². The van der Waals surface area contributed by atoms with Crippen LogP contribution in [-0.2, 0) is 6.54 Å². The molecule has 5 nitrogen and oxygen atoms in total. The molecule has 3 aromatic rings. The molecular formula is C24H15ClFN3O2. The van der Waals surface area contributed by atoms with Crippen LogP contribution in [0, 0.1) is 5.82 Å². The van der Waals surface area contributed by atoms with Crippen molar-refractivity contribution in [3.05, 3.63) is 83.3 Å². The zero-order valence-electron chi connectivity index (χ0n) is 16.2. The lowest BCUT2D eigenvalue weighted by atomic mass is 10.0. The highest BCUT2D eigenvalue weighted by Crippen LogP contribution is 2.42. The summed E-state index contributed by atoms with van der Waals surface area (Å²) in [6.45, 7) is 0.663. The first-order valence-electron chi connectivity index (χ1n) is 9.75. The predicted molar refractivity (Wildman–Crippen MR) is 116 cm³/mol. The maximum atomic E-state index is 13.8. The van der Waals surface area contributed by atoms with Crippen molar-refractivity contribution in [2.24, 2.45) is 0 Å². The van der Waals surface area contributed by atoms with Gasteiger partial charge in [0.15, 0.2) is 11.5 Å². The van der Waals surface area contributed by atoms with E-state index in [9.17, 15) is 4.39 Å². The standard InChI is InChI=1S/C24H15ClFN3O2/c25-16-6-4-15(5-7-16)23-19-12-29(11-14-2-1-3-17(26)8-14)20-10-22-21(30-13-31-22)9-18(20)24(19)28-27-23/h1-10,12H,11,13H2. The van der Waals surface area contributed by atoms with E-state index in [1.54, 1.807) is 6.07 Å².